The molecule has 0 heterocycles. The van der Waals surface area contributed by atoms with E-state index in [9.17, 15) is 0 Å². The molecule has 0 amide bonds. The maximum Gasteiger partial charge on any atom is 0.123 e. The molecule has 3 nitrogen and oxygen atoms in total. The molecule has 0 unspecified atom stereocenters. The topological polar surface area (TPSA) is 24.5 Å². The fourth-order valence-electron chi connectivity index (χ4n) is 2.14. The minimum atomic E-state index is 0. The molecular formula is C16H30Cl2N2O. The smallest absolute Gasteiger partial charge is 0.123 e. The van der Waals surface area contributed by atoms with Gasteiger partial charge in [0.15, 0.2) is 0 Å². The summed E-state index contributed by atoms with van der Waals surface area (Å²) in [7, 11) is 0. The molecule has 0 radical (unpaired) electrons. The number of hydrogen-bond acceptors (Lipinski definition) is 3. The van der Waals surface area contributed by atoms with Gasteiger partial charge >= 0.3 is 0 Å². The van der Waals surface area contributed by atoms with Crippen molar-refractivity contribution in [3.63, 3.8) is 0 Å². The van der Waals surface area contributed by atoms with Crippen molar-refractivity contribution in [1.82, 2.24) is 10.2 Å². The first-order valence-electron chi connectivity index (χ1n) is 7.45. The van der Waals surface area contributed by atoms with Gasteiger partial charge in [0.1, 0.15) is 5.75 Å². The van der Waals surface area contributed by atoms with Crippen LogP contribution in [0.15, 0.2) is 24.3 Å². The molecule has 1 aromatic carbocycles. The van der Waals surface area contributed by atoms with Crippen LogP contribution < -0.4 is 10.1 Å². The van der Waals surface area contributed by atoms with Crippen molar-refractivity contribution in [2.75, 3.05) is 32.8 Å². The summed E-state index contributed by atoms with van der Waals surface area (Å²) in [6, 6.07) is 8.25. The summed E-state index contributed by atoms with van der Waals surface area (Å²) in [5, 5.41) is 3.50. The van der Waals surface area contributed by atoms with E-state index in [1.807, 2.05) is 19.1 Å². The van der Waals surface area contributed by atoms with Crippen LogP contribution in [-0.2, 0) is 6.54 Å². The van der Waals surface area contributed by atoms with Gasteiger partial charge in [-0.05, 0) is 45.6 Å². The van der Waals surface area contributed by atoms with Crippen LogP contribution in [0.4, 0.5) is 0 Å². The van der Waals surface area contributed by atoms with Gasteiger partial charge in [0, 0.05) is 12.1 Å². The van der Waals surface area contributed by atoms with Crippen molar-refractivity contribution in [1.29, 1.82) is 0 Å². The van der Waals surface area contributed by atoms with Crippen molar-refractivity contribution in [2.24, 2.45) is 0 Å². The molecule has 5 heteroatoms. The van der Waals surface area contributed by atoms with Crippen LogP contribution >= 0.6 is 24.8 Å². The molecular weight excluding hydrogens is 307 g/mol. The van der Waals surface area contributed by atoms with Crippen LogP contribution in [0.5, 0.6) is 5.75 Å². The largest absolute Gasteiger partial charge is 0.494 e. The average molecular weight is 337 g/mol. The van der Waals surface area contributed by atoms with Crippen LogP contribution in [0.3, 0.4) is 0 Å². The lowest BCUT2D eigenvalue weighted by Crippen LogP contribution is -2.27. The Balaban J connectivity index is 0. The first-order chi connectivity index (χ1) is 9.31. The van der Waals surface area contributed by atoms with Gasteiger partial charge in [0.25, 0.3) is 0 Å². The third-order valence-corrected chi connectivity index (χ3v) is 3.31. The summed E-state index contributed by atoms with van der Waals surface area (Å²) in [6.07, 6.45) is 1.19. The molecule has 0 saturated carbocycles. The van der Waals surface area contributed by atoms with Gasteiger partial charge in [0.2, 0.25) is 0 Å². The number of nitrogens with zero attached hydrogens (tertiary/aromatic N) is 1. The molecule has 0 aliphatic carbocycles. The van der Waals surface area contributed by atoms with E-state index in [0.29, 0.717) is 0 Å². The molecule has 124 valence electrons. The second kappa shape index (κ2) is 14.5. The molecule has 1 aromatic rings. The van der Waals surface area contributed by atoms with Crippen molar-refractivity contribution < 1.29 is 4.74 Å². The molecule has 1 N–H and O–H groups in total. The molecule has 0 atom stereocenters. The molecule has 0 aliphatic rings. The number of nitrogens with one attached hydrogen (secondary N) is 1. The number of rotatable bonds is 10. The summed E-state index contributed by atoms with van der Waals surface area (Å²) >= 11 is 0. The predicted octanol–water partition coefficient (Wildman–Crippen LogP) is 3.75. The van der Waals surface area contributed by atoms with Gasteiger partial charge in [-0.3, -0.25) is 0 Å². The first kappa shape index (κ1) is 22.8. The minimum absolute atomic E-state index is 0. The van der Waals surface area contributed by atoms with Crippen LogP contribution in [-0.4, -0.2) is 37.7 Å². The fraction of sp³-hybridized carbons (Fsp3) is 0.625. The average Bonchev–Trinajstić information content (AvgIpc) is 2.45. The Morgan fingerprint density at radius 3 is 2.33 bits per heavy atom. The zero-order valence-corrected chi connectivity index (χ0v) is 15.1. The highest BCUT2D eigenvalue weighted by molar-refractivity contribution is 5.85. The minimum Gasteiger partial charge on any atom is -0.494 e. The molecule has 0 fully saturated rings. The van der Waals surface area contributed by atoms with Crippen LogP contribution in [0.1, 0.15) is 32.8 Å². The van der Waals surface area contributed by atoms with E-state index in [2.05, 4.69) is 36.2 Å². The fourth-order valence-corrected chi connectivity index (χ4v) is 2.14. The number of halogens is 2. The van der Waals surface area contributed by atoms with Crippen LogP contribution in [0.25, 0.3) is 0 Å². The van der Waals surface area contributed by atoms with Gasteiger partial charge in [-0.15, -0.1) is 24.8 Å². The van der Waals surface area contributed by atoms with E-state index in [1.54, 1.807) is 0 Å². The highest BCUT2D eigenvalue weighted by atomic mass is 35.5. The second-order valence-corrected chi connectivity index (χ2v) is 4.60. The van der Waals surface area contributed by atoms with Crippen LogP contribution in [0, 0.1) is 0 Å². The zero-order valence-electron chi connectivity index (χ0n) is 13.4. The van der Waals surface area contributed by atoms with Crippen molar-refractivity contribution in [3.05, 3.63) is 29.8 Å². The lowest BCUT2D eigenvalue weighted by Gasteiger charge is -2.18. The summed E-state index contributed by atoms with van der Waals surface area (Å²) in [5.74, 6) is 1.00. The second-order valence-electron chi connectivity index (χ2n) is 4.60. The highest BCUT2D eigenvalue weighted by Crippen LogP contribution is 2.17. The maximum atomic E-state index is 5.62. The standard InChI is InChI=1S/C16H28N2O.2ClH/c1-4-18(5-2)13-9-12-17-14-15-10-7-8-11-16(15)19-6-3;;/h7-8,10-11,17H,4-6,9,12-14H2,1-3H3;2*1H. The van der Waals surface area contributed by atoms with Crippen molar-refractivity contribution >= 4 is 24.8 Å². The van der Waals surface area contributed by atoms with E-state index in [4.69, 9.17) is 4.74 Å². The quantitative estimate of drug-likeness (QED) is 0.658. The predicted molar refractivity (Wildman–Crippen MR) is 96.2 cm³/mol. The lowest BCUT2D eigenvalue weighted by atomic mass is 10.2. The van der Waals surface area contributed by atoms with E-state index >= 15 is 0 Å². The van der Waals surface area contributed by atoms with Gasteiger partial charge in [-0.1, -0.05) is 32.0 Å². The normalized spacial score (nSPS) is 9.90. The van der Waals surface area contributed by atoms with Crippen LogP contribution in [0.2, 0.25) is 0 Å². The van der Waals surface area contributed by atoms with E-state index in [-0.39, 0.29) is 24.8 Å². The monoisotopic (exact) mass is 336 g/mol. The molecule has 0 spiro atoms. The summed E-state index contributed by atoms with van der Waals surface area (Å²) in [5.41, 5.74) is 1.24. The van der Waals surface area contributed by atoms with E-state index in [1.165, 1.54) is 18.5 Å². The first-order valence-corrected chi connectivity index (χ1v) is 7.45. The van der Waals surface area contributed by atoms with E-state index in [0.717, 1.165) is 38.5 Å². The Bertz CT molecular complexity index is 347. The highest BCUT2D eigenvalue weighted by Gasteiger charge is 2.02. The molecule has 0 aromatic heterocycles. The summed E-state index contributed by atoms with van der Waals surface area (Å²) in [4.78, 5) is 2.45. The Hall–Kier alpha value is -0.480. The van der Waals surface area contributed by atoms with Gasteiger partial charge in [0.05, 0.1) is 6.61 Å². The Kier molecular flexibility index (Phi) is 15.7. The lowest BCUT2D eigenvalue weighted by molar-refractivity contribution is 0.297. The SMILES string of the molecule is CCOc1ccccc1CNCCCN(CC)CC.Cl.Cl. The number of benzene rings is 1. The molecule has 1 rings (SSSR count). The van der Waals surface area contributed by atoms with Crippen molar-refractivity contribution in [2.45, 2.75) is 33.7 Å². The molecule has 0 aliphatic heterocycles. The number of para-hydroxylation sites is 1. The third kappa shape index (κ3) is 9.20. The van der Waals surface area contributed by atoms with Crippen molar-refractivity contribution in [3.8, 4) is 5.75 Å². The summed E-state index contributed by atoms with van der Waals surface area (Å²) < 4.78 is 5.62. The van der Waals surface area contributed by atoms with Gasteiger partial charge in [-0.2, -0.15) is 0 Å². The maximum absolute atomic E-state index is 5.62. The number of ether oxygens (including phenoxy) is 1. The Labute approximate surface area is 142 Å². The Morgan fingerprint density at radius 1 is 1.05 bits per heavy atom. The Morgan fingerprint density at radius 2 is 1.71 bits per heavy atom. The molecule has 0 bridgehead atoms. The van der Waals surface area contributed by atoms with Gasteiger partial charge < -0.3 is 15.0 Å². The molecule has 21 heavy (non-hydrogen) atoms. The zero-order chi connectivity index (χ0) is 13.9. The molecule has 0 saturated heterocycles. The van der Waals surface area contributed by atoms with E-state index < -0.39 is 0 Å². The number of hydrogen-bond donors (Lipinski definition) is 1. The third-order valence-electron chi connectivity index (χ3n) is 3.31. The summed E-state index contributed by atoms with van der Waals surface area (Å²) in [6.45, 7) is 12.6. The van der Waals surface area contributed by atoms with Gasteiger partial charge in [-0.25, -0.2) is 0 Å².